The van der Waals surface area contributed by atoms with E-state index in [0.717, 1.165) is 33.6 Å². The zero-order chi connectivity index (χ0) is 25.8. The number of rotatable bonds is 2. The summed E-state index contributed by atoms with van der Waals surface area (Å²) in [6, 6.07) is 32.9. The molecule has 2 aliphatic rings. The standard InChI is InChI=1S/C15H12N2O2.C15H12N2O/c18-13-15(17-14(19)16-13,11-7-3-1-4-8-11)12-9-5-2-6-10-12;16-15(18)17-13-7-3-1-5-11(13)9-10-12-6-2-4-8-14(12)17/h1-10H,(H2,16,17,18,19);1-10H,(H2,16,18). The molecule has 1 saturated heterocycles. The summed E-state index contributed by atoms with van der Waals surface area (Å²) >= 11 is 0. The van der Waals surface area contributed by atoms with Crippen LogP contribution in [0.1, 0.15) is 22.3 Å². The largest absolute Gasteiger partial charge is 0.351 e. The van der Waals surface area contributed by atoms with Crippen molar-refractivity contribution in [2.75, 3.05) is 4.90 Å². The maximum atomic E-state index is 12.3. The number of hydrogen-bond donors (Lipinski definition) is 3. The highest BCUT2D eigenvalue weighted by atomic mass is 16.2. The molecule has 5 amide bonds. The van der Waals surface area contributed by atoms with E-state index < -0.39 is 17.6 Å². The Hall–Kier alpha value is -5.17. The van der Waals surface area contributed by atoms with Gasteiger partial charge in [0.05, 0.1) is 11.4 Å². The maximum Gasteiger partial charge on any atom is 0.323 e. The molecule has 2 aliphatic heterocycles. The Labute approximate surface area is 214 Å². The average molecular weight is 489 g/mol. The normalized spacial score (nSPS) is 14.8. The number of fused-ring (bicyclic) bond motifs is 2. The first-order valence-corrected chi connectivity index (χ1v) is 11.7. The molecule has 4 aromatic carbocycles. The van der Waals surface area contributed by atoms with E-state index in [2.05, 4.69) is 10.6 Å². The van der Waals surface area contributed by atoms with Crippen molar-refractivity contribution in [3.05, 3.63) is 131 Å². The summed E-state index contributed by atoms with van der Waals surface area (Å²) in [5, 5.41) is 5.07. The SMILES string of the molecule is NC(=O)N1c2ccccc2C=Cc2ccccc21.O=C1NC(=O)C(c2ccccc2)(c2ccccc2)N1. The van der Waals surface area contributed by atoms with Gasteiger partial charge in [-0.05, 0) is 34.4 Å². The smallest absolute Gasteiger partial charge is 0.323 e. The van der Waals surface area contributed by atoms with E-state index in [0.29, 0.717) is 0 Å². The predicted molar refractivity (Wildman–Crippen MR) is 144 cm³/mol. The van der Waals surface area contributed by atoms with E-state index in [1.165, 1.54) is 0 Å². The molecule has 4 N–H and O–H groups in total. The highest BCUT2D eigenvalue weighted by Crippen LogP contribution is 2.36. The molecule has 7 nitrogen and oxygen atoms in total. The van der Waals surface area contributed by atoms with Crippen LogP contribution in [-0.2, 0) is 10.3 Å². The van der Waals surface area contributed by atoms with Gasteiger partial charge in [0, 0.05) is 0 Å². The van der Waals surface area contributed by atoms with E-state index in [1.54, 1.807) is 4.90 Å². The summed E-state index contributed by atoms with van der Waals surface area (Å²) in [7, 11) is 0. The van der Waals surface area contributed by atoms with Crippen LogP contribution in [0.25, 0.3) is 12.2 Å². The summed E-state index contributed by atoms with van der Waals surface area (Å²) in [5.74, 6) is -0.352. The molecule has 182 valence electrons. The lowest BCUT2D eigenvalue weighted by molar-refractivity contribution is -0.122. The molecule has 37 heavy (non-hydrogen) atoms. The van der Waals surface area contributed by atoms with Gasteiger partial charge in [-0.3, -0.25) is 15.0 Å². The Kier molecular flexibility index (Phi) is 6.26. The minimum atomic E-state index is -1.14. The number of hydrogen-bond acceptors (Lipinski definition) is 3. The summed E-state index contributed by atoms with van der Waals surface area (Å²) in [6.07, 6.45) is 3.99. The number of carbonyl (C=O) groups excluding carboxylic acids is 3. The summed E-state index contributed by atoms with van der Waals surface area (Å²) in [5.41, 5.74) is 9.45. The van der Waals surface area contributed by atoms with Crippen LogP contribution in [-0.4, -0.2) is 18.0 Å². The molecule has 7 heteroatoms. The number of amides is 5. The van der Waals surface area contributed by atoms with Crippen molar-refractivity contribution in [3.8, 4) is 0 Å². The molecule has 0 aromatic heterocycles. The maximum absolute atomic E-state index is 12.3. The predicted octanol–water partition coefficient (Wildman–Crippen LogP) is 5.16. The van der Waals surface area contributed by atoms with E-state index in [9.17, 15) is 14.4 Å². The molecule has 0 unspecified atom stereocenters. The van der Waals surface area contributed by atoms with E-state index in [4.69, 9.17) is 5.73 Å². The van der Waals surface area contributed by atoms with Crippen LogP contribution >= 0.6 is 0 Å². The van der Waals surface area contributed by atoms with Gasteiger partial charge in [0.1, 0.15) is 0 Å². The molecule has 0 saturated carbocycles. The van der Waals surface area contributed by atoms with Crippen molar-refractivity contribution >= 4 is 41.5 Å². The lowest BCUT2D eigenvalue weighted by Gasteiger charge is -2.27. The van der Waals surface area contributed by atoms with Gasteiger partial charge < -0.3 is 11.1 Å². The minimum Gasteiger partial charge on any atom is -0.351 e. The number of nitrogens with zero attached hydrogens (tertiary/aromatic N) is 1. The van der Waals surface area contributed by atoms with Crippen molar-refractivity contribution in [2.24, 2.45) is 5.73 Å². The molecule has 0 aliphatic carbocycles. The third kappa shape index (κ3) is 4.34. The molecule has 1 fully saturated rings. The van der Waals surface area contributed by atoms with Crippen LogP contribution in [0.5, 0.6) is 0 Å². The van der Waals surface area contributed by atoms with Gasteiger partial charge >= 0.3 is 12.1 Å². The van der Waals surface area contributed by atoms with Gasteiger partial charge in [0.15, 0.2) is 5.54 Å². The molecule has 2 heterocycles. The fourth-order valence-corrected chi connectivity index (χ4v) is 4.62. The zero-order valence-corrected chi connectivity index (χ0v) is 19.8. The fraction of sp³-hybridized carbons (Fsp3) is 0.0333. The third-order valence-corrected chi connectivity index (χ3v) is 6.30. The second-order valence-corrected chi connectivity index (χ2v) is 8.51. The number of benzene rings is 4. The quantitative estimate of drug-likeness (QED) is 0.340. The van der Waals surface area contributed by atoms with Crippen LogP contribution in [0.2, 0.25) is 0 Å². The van der Waals surface area contributed by atoms with Crippen molar-refractivity contribution < 1.29 is 14.4 Å². The van der Waals surface area contributed by atoms with Crippen LogP contribution in [0.3, 0.4) is 0 Å². The summed E-state index contributed by atoms with van der Waals surface area (Å²) < 4.78 is 0. The van der Waals surface area contributed by atoms with E-state index >= 15 is 0 Å². The lowest BCUT2D eigenvalue weighted by atomic mass is 9.83. The highest BCUT2D eigenvalue weighted by molar-refractivity contribution is 6.09. The van der Waals surface area contributed by atoms with Crippen molar-refractivity contribution in [1.82, 2.24) is 10.6 Å². The minimum absolute atomic E-state index is 0.352. The molecule has 6 rings (SSSR count). The van der Waals surface area contributed by atoms with Crippen molar-refractivity contribution in [1.29, 1.82) is 0 Å². The highest BCUT2D eigenvalue weighted by Gasteiger charge is 2.48. The number of carbonyl (C=O) groups is 3. The number of imide groups is 1. The molecule has 4 aromatic rings. The van der Waals surface area contributed by atoms with Crippen LogP contribution in [0.4, 0.5) is 21.0 Å². The molecule has 0 spiro atoms. The number of urea groups is 2. The van der Waals surface area contributed by atoms with Crippen LogP contribution in [0, 0.1) is 0 Å². The summed E-state index contributed by atoms with van der Waals surface area (Å²) in [6.45, 7) is 0. The van der Waals surface area contributed by atoms with Gasteiger partial charge in [0.25, 0.3) is 5.91 Å². The molecule has 0 atom stereocenters. The van der Waals surface area contributed by atoms with Gasteiger partial charge in [-0.1, -0.05) is 109 Å². The topological polar surface area (TPSA) is 105 Å². The lowest BCUT2D eigenvalue weighted by Crippen LogP contribution is -2.44. The Bertz CT molecular complexity index is 1410. The number of nitrogens with one attached hydrogen (secondary N) is 2. The van der Waals surface area contributed by atoms with Crippen molar-refractivity contribution in [3.63, 3.8) is 0 Å². The summed E-state index contributed by atoms with van der Waals surface area (Å²) in [4.78, 5) is 37.2. The monoisotopic (exact) mass is 488 g/mol. The van der Waals surface area contributed by atoms with Crippen LogP contribution < -0.4 is 21.3 Å². The van der Waals surface area contributed by atoms with Gasteiger partial charge in [-0.25, -0.2) is 9.59 Å². The van der Waals surface area contributed by atoms with Gasteiger partial charge in [0.2, 0.25) is 0 Å². The van der Waals surface area contributed by atoms with E-state index in [-0.39, 0.29) is 5.91 Å². The van der Waals surface area contributed by atoms with Crippen molar-refractivity contribution in [2.45, 2.75) is 5.54 Å². The zero-order valence-electron chi connectivity index (χ0n) is 19.8. The average Bonchev–Trinajstić information content (AvgIpc) is 3.13. The number of primary amides is 1. The fourth-order valence-electron chi connectivity index (χ4n) is 4.62. The Morgan fingerprint density at radius 1 is 0.649 bits per heavy atom. The Balaban J connectivity index is 0.000000152. The van der Waals surface area contributed by atoms with E-state index in [1.807, 2.05) is 121 Å². The van der Waals surface area contributed by atoms with Gasteiger partial charge in [-0.2, -0.15) is 0 Å². The first-order chi connectivity index (χ1) is 18.0. The Morgan fingerprint density at radius 2 is 1.08 bits per heavy atom. The van der Waals surface area contributed by atoms with Gasteiger partial charge in [-0.15, -0.1) is 0 Å². The third-order valence-electron chi connectivity index (χ3n) is 6.30. The Morgan fingerprint density at radius 3 is 1.49 bits per heavy atom. The number of para-hydroxylation sites is 2. The molecule has 0 radical (unpaired) electrons. The second kappa shape index (κ2) is 9.83. The molecule has 0 bridgehead atoms. The number of anilines is 2. The first kappa shape index (κ1) is 23.6. The molecular weight excluding hydrogens is 464 g/mol. The number of nitrogens with two attached hydrogens (primary N) is 1. The molecular formula is C30H24N4O3. The van der Waals surface area contributed by atoms with Crippen LogP contribution in [0.15, 0.2) is 109 Å². The second-order valence-electron chi connectivity index (χ2n) is 8.51. The first-order valence-electron chi connectivity index (χ1n) is 11.7.